The average molecular weight is 129 g/mol. The molecule has 2 atom stereocenters. The predicted octanol–water partition coefficient (Wildman–Crippen LogP) is -0.808. The van der Waals surface area contributed by atoms with Crippen LogP contribution in [0.2, 0.25) is 0 Å². The van der Waals surface area contributed by atoms with Gasteiger partial charge in [-0.2, -0.15) is 0 Å². The van der Waals surface area contributed by atoms with Crippen molar-refractivity contribution in [1.29, 1.82) is 0 Å². The summed E-state index contributed by atoms with van der Waals surface area (Å²) in [4.78, 5) is 20.3. The first-order valence-electron chi connectivity index (χ1n) is 2.65. The van der Waals surface area contributed by atoms with Crippen molar-refractivity contribution in [3.8, 4) is 0 Å². The largest absolute Gasteiger partial charge is 0.481 e. The van der Waals surface area contributed by atoms with Gasteiger partial charge in [-0.05, 0) is 6.42 Å². The molecular weight excluding hydrogens is 122 g/mol. The fraction of sp³-hybridized carbons (Fsp3) is 0.600. The molecule has 0 unspecified atom stereocenters. The molecule has 9 heavy (non-hydrogen) atoms. The van der Waals surface area contributed by atoms with Crippen LogP contribution in [0.15, 0.2) is 0 Å². The van der Waals surface area contributed by atoms with Crippen molar-refractivity contribution in [2.45, 2.75) is 6.42 Å². The summed E-state index contributed by atoms with van der Waals surface area (Å²) in [6, 6.07) is 0. The van der Waals surface area contributed by atoms with E-state index >= 15 is 0 Å². The summed E-state index contributed by atoms with van der Waals surface area (Å²) in [5.41, 5.74) is 4.82. The van der Waals surface area contributed by atoms with E-state index in [9.17, 15) is 9.59 Å². The maximum absolute atomic E-state index is 10.2. The zero-order chi connectivity index (χ0) is 7.02. The van der Waals surface area contributed by atoms with Gasteiger partial charge in [0.2, 0.25) is 5.91 Å². The van der Waals surface area contributed by atoms with Crippen molar-refractivity contribution >= 4 is 11.9 Å². The molecule has 4 nitrogen and oxygen atoms in total. The summed E-state index contributed by atoms with van der Waals surface area (Å²) in [5.74, 6) is -2.31. The van der Waals surface area contributed by atoms with E-state index in [1.165, 1.54) is 0 Å². The van der Waals surface area contributed by atoms with E-state index in [4.69, 9.17) is 10.8 Å². The summed E-state index contributed by atoms with van der Waals surface area (Å²) in [6.45, 7) is 0. The van der Waals surface area contributed by atoms with Gasteiger partial charge in [0.15, 0.2) is 0 Å². The maximum atomic E-state index is 10.2. The lowest BCUT2D eigenvalue weighted by Gasteiger charge is -1.85. The van der Waals surface area contributed by atoms with E-state index in [0.29, 0.717) is 6.42 Å². The highest BCUT2D eigenvalue weighted by Crippen LogP contribution is 2.37. The third kappa shape index (κ3) is 1.01. The second kappa shape index (κ2) is 1.72. The van der Waals surface area contributed by atoms with Crippen LogP contribution in [-0.4, -0.2) is 17.0 Å². The van der Waals surface area contributed by atoms with Crippen LogP contribution in [0.1, 0.15) is 6.42 Å². The van der Waals surface area contributed by atoms with Gasteiger partial charge in [0, 0.05) is 0 Å². The number of nitrogens with two attached hydrogens (primary N) is 1. The van der Waals surface area contributed by atoms with Gasteiger partial charge < -0.3 is 10.8 Å². The topological polar surface area (TPSA) is 80.4 Å². The smallest absolute Gasteiger partial charge is 0.307 e. The summed E-state index contributed by atoms with van der Waals surface area (Å²) in [5, 5.41) is 8.26. The second-order valence-corrected chi connectivity index (χ2v) is 2.19. The third-order valence-corrected chi connectivity index (χ3v) is 1.47. The Bertz CT molecular complexity index is 148. The monoisotopic (exact) mass is 129 g/mol. The maximum Gasteiger partial charge on any atom is 0.307 e. The first kappa shape index (κ1) is 6.07. The van der Waals surface area contributed by atoms with Crippen LogP contribution in [0.5, 0.6) is 0 Å². The standard InChI is InChI=1S/C5H7NO3/c6-4(7)2-1-3(2)5(8)9/h2-3H,1H2,(H2,6,7)(H,8,9)/t2-,3+/m0/s1. The Morgan fingerprint density at radius 2 is 2.00 bits per heavy atom. The molecule has 1 amide bonds. The average Bonchev–Trinajstić information content (AvgIpc) is 2.39. The SMILES string of the molecule is NC(=O)[C@H]1C[C@H]1C(=O)O. The third-order valence-electron chi connectivity index (χ3n) is 1.47. The number of primary amides is 1. The lowest BCUT2D eigenvalue weighted by atomic mass is 10.3. The van der Waals surface area contributed by atoms with Crippen molar-refractivity contribution in [1.82, 2.24) is 0 Å². The molecule has 1 fully saturated rings. The summed E-state index contributed by atoms with van der Waals surface area (Å²) in [7, 11) is 0. The van der Waals surface area contributed by atoms with Gasteiger partial charge in [0.1, 0.15) is 0 Å². The molecule has 0 spiro atoms. The molecule has 1 aliphatic carbocycles. The van der Waals surface area contributed by atoms with Gasteiger partial charge in [-0.3, -0.25) is 9.59 Å². The number of rotatable bonds is 2. The fourth-order valence-corrected chi connectivity index (χ4v) is 0.782. The zero-order valence-electron chi connectivity index (χ0n) is 4.70. The Balaban J connectivity index is 2.42. The molecule has 1 rings (SSSR count). The van der Waals surface area contributed by atoms with Gasteiger partial charge >= 0.3 is 5.97 Å². The Kier molecular flexibility index (Phi) is 1.16. The van der Waals surface area contributed by atoms with Crippen molar-refractivity contribution in [2.24, 2.45) is 17.6 Å². The van der Waals surface area contributed by atoms with Gasteiger partial charge in [-0.15, -0.1) is 0 Å². The van der Waals surface area contributed by atoms with Crippen LogP contribution in [0, 0.1) is 11.8 Å². The van der Waals surface area contributed by atoms with E-state index in [1.807, 2.05) is 0 Å². The van der Waals surface area contributed by atoms with E-state index < -0.39 is 23.7 Å². The fourth-order valence-electron chi connectivity index (χ4n) is 0.782. The number of carboxylic acid groups (broad SMARTS) is 1. The van der Waals surface area contributed by atoms with Crippen LogP contribution in [0.4, 0.5) is 0 Å². The quantitative estimate of drug-likeness (QED) is 0.511. The lowest BCUT2D eigenvalue weighted by molar-refractivity contribution is -0.139. The first-order valence-corrected chi connectivity index (χ1v) is 2.65. The van der Waals surface area contributed by atoms with E-state index in [2.05, 4.69) is 0 Å². The Morgan fingerprint density at radius 3 is 2.11 bits per heavy atom. The highest BCUT2D eigenvalue weighted by atomic mass is 16.4. The van der Waals surface area contributed by atoms with Crippen LogP contribution >= 0.6 is 0 Å². The van der Waals surface area contributed by atoms with Crippen molar-refractivity contribution in [3.05, 3.63) is 0 Å². The van der Waals surface area contributed by atoms with Crippen LogP contribution in [-0.2, 0) is 9.59 Å². The molecule has 0 aromatic heterocycles. The van der Waals surface area contributed by atoms with E-state index in [0.717, 1.165) is 0 Å². The second-order valence-electron chi connectivity index (χ2n) is 2.19. The molecule has 4 heteroatoms. The van der Waals surface area contributed by atoms with Gasteiger partial charge in [0.05, 0.1) is 11.8 Å². The molecule has 0 aromatic carbocycles. The number of amides is 1. The van der Waals surface area contributed by atoms with Crippen LogP contribution < -0.4 is 5.73 Å². The molecule has 0 aromatic rings. The van der Waals surface area contributed by atoms with E-state index in [1.54, 1.807) is 0 Å². The zero-order valence-corrected chi connectivity index (χ0v) is 4.70. The van der Waals surface area contributed by atoms with Crippen molar-refractivity contribution < 1.29 is 14.7 Å². The Morgan fingerprint density at radius 1 is 1.44 bits per heavy atom. The van der Waals surface area contributed by atoms with Crippen LogP contribution in [0.3, 0.4) is 0 Å². The predicted molar refractivity (Wildman–Crippen MR) is 28.4 cm³/mol. The number of hydrogen-bond acceptors (Lipinski definition) is 2. The molecule has 3 N–H and O–H groups in total. The van der Waals surface area contributed by atoms with Crippen molar-refractivity contribution in [2.75, 3.05) is 0 Å². The molecule has 1 saturated carbocycles. The highest BCUT2D eigenvalue weighted by Gasteiger charge is 2.47. The molecule has 0 saturated heterocycles. The summed E-state index contributed by atoms with van der Waals surface area (Å²) < 4.78 is 0. The number of carbonyl (C=O) groups excluding carboxylic acids is 1. The molecule has 1 aliphatic rings. The number of aliphatic carboxylic acids is 1. The molecule has 0 bridgehead atoms. The van der Waals surface area contributed by atoms with Gasteiger partial charge in [-0.25, -0.2) is 0 Å². The first-order chi connectivity index (χ1) is 4.13. The highest BCUT2D eigenvalue weighted by molar-refractivity contribution is 5.88. The number of hydrogen-bond donors (Lipinski definition) is 2. The van der Waals surface area contributed by atoms with E-state index in [-0.39, 0.29) is 0 Å². The number of carboxylic acids is 1. The Labute approximate surface area is 51.7 Å². The lowest BCUT2D eigenvalue weighted by Crippen LogP contribution is -2.16. The van der Waals surface area contributed by atoms with Crippen molar-refractivity contribution in [3.63, 3.8) is 0 Å². The molecule has 0 heterocycles. The van der Waals surface area contributed by atoms with Crippen LogP contribution in [0.25, 0.3) is 0 Å². The minimum atomic E-state index is -0.918. The minimum absolute atomic E-state index is 0.400. The normalized spacial score (nSPS) is 31.6. The summed E-state index contributed by atoms with van der Waals surface area (Å²) in [6.07, 6.45) is 0.421. The Hall–Kier alpha value is -1.06. The number of carbonyl (C=O) groups is 2. The van der Waals surface area contributed by atoms with Gasteiger partial charge in [-0.1, -0.05) is 0 Å². The minimum Gasteiger partial charge on any atom is -0.481 e. The molecule has 50 valence electrons. The van der Waals surface area contributed by atoms with Gasteiger partial charge in [0.25, 0.3) is 0 Å². The molecule has 0 radical (unpaired) electrons. The summed E-state index contributed by atoms with van der Waals surface area (Å²) >= 11 is 0. The molecule has 0 aliphatic heterocycles. The molecular formula is C5H7NO3.